The number of fused-ring (bicyclic) bond motifs is 3. The van der Waals surface area contributed by atoms with Crippen molar-refractivity contribution in [1.29, 1.82) is 0 Å². The van der Waals surface area contributed by atoms with E-state index in [0.29, 0.717) is 5.92 Å². The van der Waals surface area contributed by atoms with E-state index < -0.39 is 0 Å². The van der Waals surface area contributed by atoms with Crippen LogP contribution >= 0.6 is 0 Å². The van der Waals surface area contributed by atoms with Crippen LogP contribution in [0.1, 0.15) is 141 Å². The number of imide groups is 3. The summed E-state index contributed by atoms with van der Waals surface area (Å²) in [5.74, 6) is 5.94. The molecule has 9 rings (SSSR count). The monoisotopic (exact) mass is 755 g/mol. The van der Waals surface area contributed by atoms with Crippen molar-refractivity contribution in [3.63, 3.8) is 0 Å². The lowest BCUT2D eigenvalue weighted by Crippen LogP contribution is -2.46. The van der Waals surface area contributed by atoms with E-state index in [1.807, 2.05) is 0 Å². The Morgan fingerprint density at radius 3 is 1.56 bits per heavy atom. The lowest BCUT2D eigenvalue weighted by atomic mass is 9.60. The zero-order valence-electron chi connectivity index (χ0n) is 32.8. The van der Waals surface area contributed by atoms with E-state index in [1.54, 1.807) is 16.8 Å². The van der Waals surface area contributed by atoms with Crippen molar-refractivity contribution in [3.8, 4) is 11.8 Å². The Labute approximate surface area is 326 Å². The van der Waals surface area contributed by atoms with Crippen LogP contribution in [0, 0.1) is 71.0 Å². The molecule has 9 unspecified atom stereocenters. The zero-order valence-corrected chi connectivity index (χ0v) is 32.8. The first-order valence-electron chi connectivity index (χ1n) is 22.4. The molecule has 0 bridgehead atoms. The minimum absolute atomic E-state index is 0.0161. The summed E-state index contributed by atoms with van der Waals surface area (Å²) in [7, 11) is 1.59. The minimum Gasteiger partial charge on any atom is -0.375 e. The number of likely N-dealkylation sites (tertiary alicyclic amines) is 3. The molecule has 55 heavy (non-hydrogen) atoms. The summed E-state index contributed by atoms with van der Waals surface area (Å²) in [5, 5.41) is 0. The van der Waals surface area contributed by atoms with Gasteiger partial charge in [0.2, 0.25) is 35.4 Å². The lowest BCUT2D eigenvalue weighted by molar-refractivity contribution is -0.146. The molecule has 3 heterocycles. The maximum absolute atomic E-state index is 14.2. The molecule has 0 aromatic heterocycles. The highest BCUT2D eigenvalue weighted by Crippen LogP contribution is 2.53. The van der Waals surface area contributed by atoms with E-state index in [-0.39, 0.29) is 113 Å². The van der Waals surface area contributed by atoms with Gasteiger partial charge in [0.1, 0.15) is 0 Å². The molecule has 6 aliphatic carbocycles. The van der Waals surface area contributed by atoms with E-state index in [2.05, 4.69) is 11.8 Å². The third-order valence-electron chi connectivity index (χ3n) is 16.2. The van der Waals surface area contributed by atoms with Gasteiger partial charge < -0.3 is 4.74 Å². The number of nitrogens with zero attached hydrogens (tertiary/aromatic N) is 3. The smallest absolute Gasteiger partial charge is 0.233 e. The second-order valence-electron chi connectivity index (χ2n) is 19.1. The average molecular weight is 756 g/mol. The third kappa shape index (κ3) is 6.70. The second-order valence-corrected chi connectivity index (χ2v) is 19.1. The molecule has 0 radical (unpaired) electrons. The molecule has 3 aliphatic heterocycles. The average Bonchev–Trinajstić information content (AvgIpc) is 3.72. The summed E-state index contributed by atoms with van der Waals surface area (Å²) in [4.78, 5) is 86.1. The fraction of sp³-hybridized carbons (Fsp3) is 0.822. The van der Waals surface area contributed by atoms with Gasteiger partial charge in [0, 0.05) is 31.0 Å². The van der Waals surface area contributed by atoms with Crippen molar-refractivity contribution in [2.24, 2.45) is 59.2 Å². The quantitative estimate of drug-likeness (QED) is 0.248. The highest BCUT2D eigenvalue weighted by Gasteiger charge is 2.60. The van der Waals surface area contributed by atoms with Crippen molar-refractivity contribution < 1.29 is 33.5 Å². The van der Waals surface area contributed by atoms with Gasteiger partial charge in [-0.1, -0.05) is 43.9 Å². The van der Waals surface area contributed by atoms with E-state index in [1.165, 1.54) is 37.0 Å². The highest BCUT2D eigenvalue weighted by molar-refractivity contribution is 6.07. The number of amides is 6. The summed E-state index contributed by atoms with van der Waals surface area (Å²) in [6.07, 6.45) is 20.0. The number of carbonyl (C=O) groups excluding carboxylic acids is 6. The van der Waals surface area contributed by atoms with Gasteiger partial charge in [-0.15, -0.1) is 0 Å². The lowest BCUT2D eigenvalue weighted by Gasteiger charge is -2.42. The molecule has 3 saturated heterocycles. The van der Waals surface area contributed by atoms with Crippen molar-refractivity contribution >= 4 is 35.4 Å². The highest BCUT2D eigenvalue weighted by atomic mass is 16.5. The molecule has 10 heteroatoms. The van der Waals surface area contributed by atoms with Crippen LogP contribution in [0.2, 0.25) is 0 Å². The van der Waals surface area contributed by atoms with Gasteiger partial charge >= 0.3 is 0 Å². The largest absolute Gasteiger partial charge is 0.375 e. The summed E-state index contributed by atoms with van der Waals surface area (Å²) >= 11 is 0. The molecule has 0 aromatic rings. The molecule has 6 amide bonds. The van der Waals surface area contributed by atoms with Crippen molar-refractivity contribution in [2.75, 3.05) is 7.05 Å². The van der Waals surface area contributed by atoms with Gasteiger partial charge in [0.05, 0.1) is 47.7 Å². The first-order chi connectivity index (χ1) is 26.7. The van der Waals surface area contributed by atoms with Crippen LogP contribution in [0.4, 0.5) is 0 Å². The number of rotatable bonds is 5. The molecule has 9 atom stereocenters. The fourth-order valence-corrected chi connectivity index (χ4v) is 13.4. The standard InChI is InChI=1S/C45H61N3O7/c1-46-40(49)35-11-5-9-32(38(35)44(46)53)33-10-6-12-36-39(33)45(54)48(42(36)51)29-18-22-31(23-19-29)55-30-20-16-28(17-21-30)47-41(50)34-24-15-27(25-37(34)43(47)52)14-13-26-7-3-2-4-8-26/h26-39H,2-12,15-25H2,1H3. The van der Waals surface area contributed by atoms with Gasteiger partial charge in [-0.2, -0.15) is 0 Å². The van der Waals surface area contributed by atoms with Gasteiger partial charge in [-0.05, 0) is 121 Å². The molecular weight excluding hydrogens is 695 g/mol. The Morgan fingerprint density at radius 1 is 0.436 bits per heavy atom. The number of hydrogen-bond acceptors (Lipinski definition) is 7. The maximum Gasteiger partial charge on any atom is 0.233 e. The van der Waals surface area contributed by atoms with Gasteiger partial charge in [-0.25, -0.2) is 0 Å². The topological polar surface area (TPSA) is 121 Å². The van der Waals surface area contributed by atoms with E-state index >= 15 is 0 Å². The molecule has 6 saturated carbocycles. The van der Waals surface area contributed by atoms with Crippen LogP contribution in [0.25, 0.3) is 0 Å². The molecule has 298 valence electrons. The third-order valence-corrected chi connectivity index (χ3v) is 16.2. The second kappa shape index (κ2) is 15.4. The number of carbonyl (C=O) groups is 6. The summed E-state index contributed by atoms with van der Waals surface area (Å²) in [6.45, 7) is 0. The van der Waals surface area contributed by atoms with E-state index in [4.69, 9.17) is 4.74 Å². The summed E-state index contributed by atoms with van der Waals surface area (Å²) in [6, 6.07) is -0.157. The molecule has 9 fully saturated rings. The Kier molecular flexibility index (Phi) is 10.5. The first-order valence-corrected chi connectivity index (χ1v) is 22.4. The molecule has 9 aliphatic rings. The summed E-state index contributed by atoms with van der Waals surface area (Å²) < 4.78 is 6.65. The SMILES string of the molecule is CN1C(=O)C2CCCC(C3CCCC4C(=O)N(C5CCC(OC6CCC(N7C(=O)C8CCC(C#CC9CCCCC9)CC8C7=O)CC6)CC5)C(=O)C43)C2C1=O. The van der Waals surface area contributed by atoms with Crippen LogP contribution < -0.4 is 0 Å². The van der Waals surface area contributed by atoms with Crippen molar-refractivity contribution in [3.05, 3.63) is 0 Å². The zero-order chi connectivity index (χ0) is 38.0. The Balaban J connectivity index is 0.759. The molecule has 0 N–H and O–H groups in total. The first kappa shape index (κ1) is 37.5. The minimum atomic E-state index is -0.373. The van der Waals surface area contributed by atoms with Crippen LogP contribution in [0.5, 0.6) is 0 Å². The Hall–Kier alpha value is -3.06. The van der Waals surface area contributed by atoms with Gasteiger partial charge in [0.25, 0.3) is 0 Å². The van der Waals surface area contributed by atoms with E-state index in [9.17, 15) is 28.8 Å². The predicted octanol–water partition coefficient (Wildman–Crippen LogP) is 6.04. The normalized spacial score (nSPS) is 42.6. The molecule has 0 aromatic carbocycles. The van der Waals surface area contributed by atoms with Crippen LogP contribution in [0.15, 0.2) is 0 Å². The van der Waals surface area contributed by atoms with Gasteiger partial charge in [0.15, 0.2) is 0 Å². The van der Waals surface area contributed by atoms with E-state index in [0.717, 1.165) is 109 Å². The van der Waals surface area contributed by atoms with Crippen LogP contribution in [-0.2, 0) is 33.5 Å². The van der Waals surface area contributed by atoms with Gasteiger partial charge in [-0.3, -0.25) is 43.5 Å². The molecule has 0 spiro atoms. The molecule has 10 nitrogen and oxygen atoms in total. The molecular formula is C45H61N3O7. The van der Waals surface area contributed by atoms with Crippen LogP contribution in [-0.4, -0.2) is 81.5 Å². The fourth-order valence-electron chi connectivity index (χ4n) is 13.4. The van der Waals surface area contributed by atoms with Crippen LogP contribution in [0.3, 0.4) is 0 Å². The van der Waals surface area contributed by atoms with Crippen molar-refractivity contribution in [1.82, 2.24) is 14.7 Å². The van der Waals surface area contributed by atoms with Crippen molar-refractivity contribution in [2.45, 2.75) is 166 Å². The summed E-state index contributed by atoms with van der Waals surface area (Å²) in [5.41, 5.74) is 0. The predicted molar refractivity (Wildman–Crippen MR) is 202 cm³/mol. The Morgan fingerprint density at radius 2 is 0.945 bits per heavy atom. The maximum atomic E-state index is 14.2. The number of ether oxygens (including phenoxy) is 1. The Bertz CT molecular complexity index is 1630. The number of hydrogen-bond donors (Lipinski definition) is 0.